The lowest BCUT2D eigenvalue weighted by Crippen LogP contribution is -2.40. The molecule has 0 spiro atoms. The molecular weight excluding hydrogens is 304 g/mol. The smallest absolute Gasteiger partial charge is 0.191 e. The van der Waals surface area contributed by atoms with Crippen LogP contribution in [0.2, 0.25) is 0 Å². The molecule has 0 saturated carbocycles. The number of nitrogens with zero attached hydrogens (tertiary/aromatic N) is 2. The Morgan fingerprint density at radius 3 is 2.83 bits per heavy atom. The highest BCUT2D eigenvalue weighted by Gasteiger charge is 2.09. The topological polar surface area (TPSA) is 58.1 Å². The molecule has 0 bridgehead atoms. The van der Waals surface area contributed by atoms with Crippen molar-refractivity contribution in [1.29, 1.82) is 0 Å². The average Bonchev–Trinajstić information content (AvgIpc) is 2.59. The van der Waals surface area contributed by atoms with E-state index in [9.17, 15) is 0 Å². The van der Waals surface area contributed by atoms with E-state index in [1.807, 2.05) is 12.1 Å². The summed E-state index contributed by atoms with van der Waals surface area (Å²) in [6, 6.07) is 8.55. The SMILES string of the molecule is CN=C(NCc1cccc(OCCN2CCOCC2)c1)NC(C)C. The average molecular weight is 334 g/mol. The molecule has 0 aliphatic carbocycles. The van der Waals surface area contributed by atoms with Crippen molar-refractivity contribution in [3.8, 4) is 5.75 Å². The molecule has 0 radical (unpaired) electrons. The van der Waals surface area contributed by atoms with Gasteiger partial charge in [-0.2, -0.15) is 0 Å². The molecule has 0 amide bonds. The Hall–Kier alpha value is -1.79. The number of aliphatic imine (C=N–C) groups is 1. The van der Waals surface area contributed by atoms with E-state index in [1.165, 1.54) is 5.56 Å². The quantitative estimate of drug-likeness (QED) is 0.584. The van der Waals surface area contributed by atoms with E-state index in [-0.39, 0.29) is 0 Å². The first-order valence-corrected chi connectivity index (χ1v) is 8.66. The molecule has 1 aromatic carbocycles. The minimum absolute atomic E-state index is 0.353. The summed E-state index contributed by atoms with van der Waals surface area (Å²) in [5, 5.41) is 6.59. The van der Waals surface area contributed by atoms with Crippen molar-refractivity contribution >= 4 is 5.96 Å². The van der Waals surface area contributed by atoms with Crippen molar-refractivity contribution < 1.29 is 9.47 Å². The van der Waals surface area contributed by atoms with Gasteiger partial charge in [0.1, 0.15) is 12.4 Å². The Morgan fingerprint density at radius 1 is 1.33 bits per heavy atom. The maximum atomic E-state index is 5.89. The zero-order chi connectivity index (χ0) is 17.2. The number of hydrogen-bond donors (Lipinski definition) is 2. The molecule has 0 atom stereocenters. The van der Waals surface area contributed by atoms with Gasteiger partial charge in [-0.1, -0.05) is 12.1 Å². The fourth-order valence-electron chi connectivity index (χ4n) is 2.52. The summed E-state index contributed by atoms with van der Waals surface area (Å²) < 4.78 is 11.2. The molecular formula is C18H30N4O2. The van der Waals surface area contributed by atoms with Gasteiger partial charge < -0.3 is 20.1 Å². The Bertz CT molecular complexity index is 513. The van der Waals surface area contributed by atoms with Crippen molar-refractivity contribution in [2.24, 2.45) is 4.99 Å². The van der Waals surface area contributed by atoms with Crippen LogP contribution in [0.25, 0.3) is 0 Å². The number of ether oxygens (including phenoxy) is 2. The lowest BCUT2D eigenvalue weighted by atomic mass is 10.2. The van der Waals surface area contributed by atoms with Crippen LogP contribution < -0.4 is 15.4 Å². The summed E-state index contributed by atoms with van der Waals surface area (Å²) in [6.45, 7) is 10.2. The second-order valence-corrected chi connectivity index (χ2v) is 6.17. The molecule has 2 N–H and O–H groups in total. The van der Waals surface area contributed by atoms with Gasteiger partial charge in [0.2, 0.25) is 0 Å². The summed E-state index contributed by atoms with van der Waals surface area (Å²) in [5.41, 5.74) is 1.17. The van der Waals surface area contributed by atoms with Crippen LogP contribution >= 0.6 is 0 Å². The van der Waals surface area contributed by atoms with Crippen molar-refractivity contribution in [3.05, 3.63) is 29.8 Å². The number of nitrogens with one attached hydrogen (secondary N) is 2. The van der Waals surface area contributed by atoms with Gasteiger partial charge in [0.25, 0.3) is 0 Å². The normalized spacial score (nSPS) is 16.2. The lowest BCUT2D eigenvalue weighted by molar-refractivity contribution is 0.0322. The second-order valence-electron chi connectivity index (χ2n) is 6.17. The maximum Gasteiger partial charge on any atom is 0.191 e. The third kappa shape index (κ3) is 6.76. The van der Waals surface area contributed by atoms with E-state index >= 15 is 0 Å². The van der Waals surface area contributed by atoms with Crippen LogP contribution in [-0.4, -0.2) is 63.4 Å². The molecule has 1 heterocycles. The first-order valence-electron chi connectivity index (χ1n) is 8.66. The molecule has 1 saturated heterocycles. The Balaban J connectivity index is 1.76. The van der Waals surface area contributed by atoms with Gasteiger partial charge in [0.05, 0.1) is 13.2 Å². The third-order valence-corrected chi connectivity index (χ3v) is 3.79. The standard InChI is InChI=1S/C18H30N4O2/c1-15(2)21-18(19-3)20-14-16-5-4-6-17(13-16)24-12-9-22-7-10-23-11-8-22/h4-6,13,15H,7-12,14H2,1-3H3,(H2,19,20,21). The third-order valence-electron chi connectivity index (χ3n) is 3.79. The Kier molecular flexibility index (Phi) is 7.85. The van der Waals surface area contributed by atoms with Crippen LogP contribution in [0.1, 0.15) is 19.4 Å². The first kappa shape index (κ1) is 18.5. The van der Waals surface area contributed by atoms with Crippen LogP contribution in [0.3, 0.4) is 0 Å². The van der Waals surface area contributed by atoms with Gasteiger partial charge in [-0.25, -0.2) is 0 Å². The number of benzene rings is 1. The molecule has 6 nitrogen and oxygen atoms in total. The van der Waals surface area contributed by atoms with Gasteiger partial charge in [0.15, 0.2) is 5.96 Å². The molecule has 134 valence electrons. The zero-order valence-electron chi connectivity index (χ0n) is 15.0. The Labute approximate surface area is 145 Å². The summed E-state index contributed by atoms with van der Waals surface area (Å²) in [7, 11) is 1.78. The fourth-order valence-corrected chi connectivity index (χ4v) is 2.52. The molecule has 0 aromatic heterocycles. The van der Waals surface area contributed by atoms with Crippen molar-refractivity contribution in [1.82, 2.24) is 15.5 Å². The number of rotatable bonds is 7. The highest BCUT2D eigenvalue weighted by Crippen LogP contribution is 2.13. The molecule has 1 aliphatic heterocycles. The fraction of sp³-hybridized carbons (Fsp3) is 0.611. The molecule has 2 rings (SSSR count). The highest BCUT2D eigenvalue weighted by molar-refractivity contribution is 5.79. The van der Waals surface area contributed by atoms with Gasteiger partial charge in [-0.3, -0.25) is 9.89 Å². The number of morpholine rings is 1. The minimum atomic E-state index is 0.353. The van der Waals surface area contributed by atoms with Gasteiger partial charge in [-0.05, 0) is 31.5 Å². The van der Waals surface area contributed by atoms with Gasteiger partial charge in [-0.15, -0.1) is 0 Å². The number of guanidine groups is 1. The summed E-state index contributed by atoms with van der Waals surface area (Å²) >= 11 is 0. The Morgan fingerprint density at radius 2 is 2.12 bits per heavy atom. The molecule has 24 heavy (non-hydrogen) atoms. The molecule has 6 heteroatoms. The lowest BCUT2D eigenvalue weighted by Gasteiger charge is -2.26. The number of hydrogen-bond acceptors (Lipinski definition) is 4. The molecule has 1 aromatic rings. The van der Waals surface area contributed by atoms with E-state index < -0.39 is 0 Å². The van der Waals surface area contributed by atoms with Crippen LogP contribution in [0, 0.1) is 0 Å². The minimum Gasteiger partial charge on any atom is -0.492 e. The summed E-state index contributed by atoms with van der Waals surface area (Å²) in [5.74, 6) is 1.72. The van der Waals surface area contributed by atoms with E-state index in [0.717, 1.165) is 44.6 Å². The van der Waals surface area contributed by atoms with Gasteiger partial charge in [0, 0.05) is 39.3 Å². The molecule has 1 aliphatic rings. The zero-order valence-corrected chi connectivity index (χ0v) is 15.0. The monoisotopic (exact) mass is 334 g/mol. The second kappa shape index (κ2) is 10.2. The van der Waals surface area contributed by atoms with E-state index in [1.54, 1.807) is 7.05 Å². The van der Waals surface area contributed by atoms with Crippen LogP contribution in [0.4, 0.5) is 0 Å². The van der Waals surface area contributed by atoms with Gasteiger partial charge >= 0.3 is 0 Å². The van der Waals surface area contributed by atoms with Crippen LogP contribution in [0.15, 0.2) is 29.3 Å². The van der Waals surface area contributed by atoms with Crippen molar-refractivity contribution in [3.63, 3.8) is 0 Å². The van der Waals surface area contributed by atoms with Crippen LogP contribution in [-0.2, 0) is 11.3 Å². The largest absolute Gasteiger partial charge is 0.492 e. The van der Waals surface area contributed by atoms with Crippen molar-refractivity contribution in [2.75, 3.05) is 46.5 Å². The highest BCUT2D eigenvalue weighted by atomic mass is 16.5. The maximum absolute atomic E-state index is 5.89. The van der Waals surface area contributed by atoms with Crippen molar-refractivity contribution in [2.45, 2.75) is 26.4 Å². The predicted molar refractivity (Wildman–Crippen MR) is 97.7 cm³/mol. The van der Waals surface area contributed by atoms with E-state index in [2.05, 4.69) is 46.5 Å². The molecule has 0 unspecified atom stereocenters. The molecule has 1 fully saturated rings. The first-order chi connectivity index (χ1) is 11.7. The van der Waals surface area contributed by atoms with Crippen LogP contribution in [0.5, 0.6) is 5.75 Å². The van der Waals surface area contributed by atoms with E-state index in [0.29, 0.717) is 19.2 Å². The summed E-state index contributed by atoms with van der Waals surface area (Å²) in [6.07, 6.45) is 0. The summed E-state index contributed by atoms with van der Waals surface area (Å²) in [4.78, 5) is 6.59. The predicted octanol–water partition coefficient (Wildman–Crippen LogP) is 1.47. The van der Waals surface area contributed by atoms with E-state index in [4.69, 9.17) is 9.47 Å².